The summed E-state index contributed by atoms with van der Waals surface area (Å²) in [6.07, 6.45) is 1.24. The van der Waals surface area contributed by atoms with Crippen molar-refractivity contribution < 1.29 is 22.4 Å². The Kier molecular flexibility index (Phi) is 7.06. The Morgan fingerprint density at radius 2 is 2.05 bits per heavy atom. The highest BCUT2D eigenvalue weighted by atomic mass is 35.5. The molecule has 38 heavy (non-hydrogen) atoms. The van der Waals surface area contributed by atoms with Crippen LogP contribution in [0.25, 0.3) is 22.4 Å². The molecule has 4 aromatic rings. The summed E-state index contributed by atoms with van der Waals surface area (Å²) < 4.78 is 53.5. The van der Waals surface area contributed by atoms with Crippen molar-refractivity contribution in [2.45, 2.75) is 19.0 Å². The van der Waals surface area contributed by atoms with Gasteiger partial charge in [-0.15, -0.1) is 0 Å². The van der Waals surface area contributed by atoms with E-state index in [1.807, 2.05) is 0 Å². The van der Waals surface area contributed by atoms with Crippen LogP contribution in [0, 0.1) is 11.7 Å². The van der Waals surface area contributed by atoms with Crippen molar-refractivity contribution in [2.24, 2.45) is 5.92 Å². The number of likely N-dealkylation sites (tertiary alicyclic amines) is 1. The Morgan fingerprint density at radius 1 is 1.21 bits per heavy atom. The number of carbonyl (C=O) groups is 1. The first-order valence-corrected chi connectivity index (χ1v) is 12.2. The maximum absolute atomic E-state index is 14.5. The van der Waals surface area contributed by atoms with E-state index in [1.165, 1.54) is 18.3 Å². The molecule has 0 radical (unpaired) electrons. The lowest BCUT2D eigenvalue weighted by Crippen LogP contribution is -2.44. The Hall–Kier alpha value is -3.93. The van der Waals surface area contributed by atoms with Crippen LogP contribution in [0.15, 0.2) is 48.9 Å². The van der Waals surface area contributed by atoms with Crippen LogP contribution >= 0.6 is 11.6 Å². The lowest BCUT2D eigenvalue weighted by atomic mass is 9.98. The van der Waals surface area contributed by atoms with Gasteiger partial charge in [-0.2, -0.15) is 13.2 Å². The standard InChI is InChI=1S/C25H22ClF4N7O/c26-16-8-18-19(11-33-21(18)32-10-16)22-34-12-20(27)23(36-22)31-9-14-3-2-6-37(13-14)24(38)35-17-5-1-4-15(7-17)25(28,29)30/h1,4-5,7-8,10-12,14H,2-3,6,9,13H2,(H,32,33)(H,35,38)(H,31,34,36). The predicted molar refractivity (Wildman–Crippen MR) is 135 cm³/mol. The van der Waals surface area contributed by atoms with E-state index in [0.29, 0.717) is 47.7 Å². The topological polar surface area (TPSA) is 98.8 Å². The highest BCUT2D eigenvalue weighted by Crippen LogP contribution is 2.31. The SMILES string of the molecule is O=C(Nc1cccc(C(F)(F)F)c1)N1CCCC(CNc2nc(-c3c[nH]c4ncc(Cl)cc34)ncc2F)C1. The lowest BCUT2D eigenvalue weighted by molar-refractivity contribution is -0.137. The molecule has 4 heterocycles. The van der Waals surface area contributed by atoms with Gasteiger partial charge >= 0.3 is 12.2 Å². The molecule has 1 aliphatic rings. The summed E-state index contributed by atoms with van der Waals surface area (Å²) in [4.78, 5) is 29.9. The summed E-state index contributed by atoms with van der Waals surface area (Å²) >= 11 is 6.06. The van der Waals surface area contributed by atoms with Gasteiger partial charge < -0.3 is 20.5 Å². The quantitative estimate of drug-likeness (QED) is 0.259. The summed E-state index contributed by atoms with van der Waals surface area (Å²) in [5, 5.41) is 6.70. The van der Waals surface area contributed by atoms with Crippen LogP contribution in [0.2, 0.25) is 5.02 Å². The normalized spacial score (nSPS) is 16.0. The number of halogens is 5. The number of rotatable bonds is 5. The van der Waals surface area contributed by atoms with Crippen LogP contribution in [0.4, 0.5) is 33.9 Å². The number of benzene rings is 1. The van der Waals surface area contributed by atoms with Crippen LogP contribution < -0.4 is 10.6 Å². The number of carbonyl (C=O) groups excluding carboxylic acids is 1. The Morgan fingerprint density at radius 3 is 2.87 bits per heavy atom. The van der Waals surface area contributed by atoms with Gasteiger partial charge in [-0.05, 0) is 43.0 Å². The maximum Gasteiger partial charge on any atom is 0.416 e. The Balaban J connectivity index is 1.23. The van der Waals surface area contributed by atoms with E-state index >= 15 is 0 Å². The molecule has 0 saturated carbocycles. The molecule has 8 nitrogen and oxygen atoms in total. The molecule has 1 fully saturated rings. The summed E-state index contributed by atoms with van der Waals surface area (Å²) in [7, 11) is 0. The van der Waals surface area contributed by atoms with Crippen LogP contribution in [0.3, 0.4) is 0 Å². The van der Waals surface area contributed by atoms with Crippen molar-refractivity contribution in [3.8, 4) is 11.4 Å². The minimum atomic E-state index is -4.50. The monoisotopic (exact) mass is 547 g/mol. The fraction of sp³-hybridized carbons (Fsp3) is 0.280. The zero-order chi connectivity index (χ0) is 26.9. The molecule has 198 valence electrons. The van der Waals surface area contributed by atoms with Crippen molar-refractivity contribution in [1.29, 1.82) is 0 Å². The highest BCUT2D eigenvalue weighted by molar-refractivity contribution is 6.31. The molecule has 5 rings (SSSR count). The van der Waals surface area contributed by atoms with Gasteiger partial charge in [0.2, 0.25) is 0 Å². The van der Waals surface area contributed by atoms with E-state index in [4.69, 9.17) is 11.6 Å². The molecular weight excluding hydrogens is 526 g/mol. The number of aromatic amines is 1. The maximum atomic E-state index is 14.5. The van der Waals surface area contributed by atoms with Gasteiger partial charge in [-0.1, -0.05) is 17.7 Å². The highest BCUT2D eigenvalue weighted by Gasteiger charge is 2.31. The molecule has 1 unspecified atom stereocenters. The first kappa shape index (κ1) is 25.7. The van der Waals surface area contributed by atoms with Crippen LogP contribution in [-0.4, -0.2) is 50.5 Å². The number of pyridine rings is 1. The largest absolute Gasteiger partial charge is 0.416 e. The summed E-state index contributed by atoms with van der Waals surface area (Å²) in [5.74, 6) is -0.343. The average molecular weight is 548 g/mol. The molecule has 3 N–H and O–H groups in total. The summed E-state index contributed by atoms with van der Waals surface area (Å²) in [6.45, 7) is 1.15. The number of H-pyrrole nitrogens is 1. The molecule has 1 atom stereocenters. The zero-order valence-electron chi connectivity index (χ0n) is 19.8. The smallest absolute Gasteiger partial charge is 0.367 e. The number of piperidine rings is 1. The summed E-state index contributed by atoms with van der Waals surface area (Å²) in [6, 6.07) is 5.72. The number of fused-ring (bicyclic) bond motifs is 1. The van der Waals surface area contributed by atoms with E-state index in [2.05, 4.69) is 30.6 Å². The molecule has 0 bridgehead atoms. The van der Waals surface area contributed by atoms with Crippen molar-refractivity contribution >= 4 is 40.2 Å². The predicted octanol–water partition coefficient (Wildman–Crippen LogP) is 6.19. The summed E-state index contributed by atoms with van der Waals surface area (Å²) in [5.41, 5.74) is 0.439. The average Bonchev–Trinajstić information content (AvgIpc) is 3.31. The van der Waals surface area contributed by atoms with Gasteiger partial charge in [0, 0.05) is 48.7 Å². The fourth-order valence-corrected chi connectivity index (χ4v) is 4.57. The fourth-order valence-electron chi connectivity index (χ4n) is 4.42. The number of aromatic nitrogens is 4. The number of alkyl halides is 3. The van der Waals surface area contributed by atoms with Crippen molar-refractivity contribution in [3.05, 3.63) is 65.3 Å². The van der Waals surface area contributed by atoms with Gasteiger partial charge in [0.25, 0.3) is 0 Å². The van der Waals surface area contributed by atoms with E-state index < -0.39 is 23.6 Å². The molecule has 0 spiro atoms. The minimum absolute atomic E-state index is 0.0184. The molecule has 3 aromatic heterocycles. The zero-order valence-corrected chi connectivity index (χ0v) is 20.6. The first-order chi connectivity index (χ1) is 18.2. The van der Waals surface area contributed by atoms with E-state index in [-0.39, 0.29) is 23.2 Å². The first-order valence-electron chi connectivity index (χ1n) is 11.8. The number of hydrogen-bond donors (Lipinski definition) is 3. The molecule has 13 heteroatoms. The number of hydrogen-bond acceptors (Lipinski definition) is 5. The third-order valence-corrected chi connectivity index (χ3v) is 6.49. The third-order valence-electron chi connectivity index (χ3n) is 6.29. The Labute approximate surface area is 219 Å². The lowest BCUT2D eigenvalue weighted by Gasteiger charge is -2.33. The number of urea groups is 1. The van der Waals surface area contributed by atoms with Gasteiger partial charge in [-0.3, -0.25) is 0 Å². The van der Waals surface area contributed by atoms with E-state index in [9.17, 15) is 22.4 Å². The number of nitrogens with one attached hydrogen (secondary N) is 3. The molecule has 0 aliphatic carbocycles. The minimum Gasteiger partial charge on any atom is -0.367 e. The van der Waals surface area contributed by atoms with Crippen molar-refractivity contribution in [3.63, 3.8) is 0 Å². The van der Waals surface area contributed by atoms with Gasteiger partial charge in [0.15, 0.2) is 17.5 Å². The second kappa shape index (κ2) is 10.4. The van der Waals surface area contributed by atoms with Crippen LogP contribution in [0.5, 0.6) is 0 Å². The molecule has 1 saturated heterocycles. The van der Waals surface area contributed by atoms with Crippen molar-refractivity contribution in [2.75, 3.05) is 30.3 Å². The number of amides is 2. The van der Waals surface area contributed by atoms with Crippen LogP contribution in [-0.2, 0) is 6.18 Å². The molecule has 1 aliphatic heterocycles. The van der Waals surface area contributed by atoms with E-state index in [0.717, 1.165) is 24.8 Å². The van der Waals surface area contributed by atoms with Gasteiger partial charge in [0.05, 0.1) is 16.8 Å². The van der Waals surface area contributed by atoms with Crippen molar-refractivity contribution in [1.82, 2.24) is 24.8 Å². The number of anilines is 2. The number of nitrogens with zero attached hydrogens (tertiary/aromatic N) is 4. The van der Waals surface area contributed by atoms with Gasteiger partial charge in [0.1, 0.15) is 5.65 Å². The second-order valence-corrected chi connectivity index (χ2v) is 9.42. The molecule has 2 amide bonds. The third kappa shape index (κ3) is 5.64. The van der Waals surface area contributed by atoms with Gasteiger partial charge in [-0.25, -0.2) is 24.1 Å². The van der Waals surface area contributed by atoms with Crippen LogP contribution in [0.1, 0.15) is 18.4 Å². The van der Waals surface area contributed by atoms with E-state index in [1.54, 1.807) is 17.2 Å². The molecular formula is C25H22ClF4N7O. The second-order valence-electron chi connectivity index (χ2n) is 8.99. The molecule has 1 aromatic carbocycles. The Bertz CT molecular complexity index is 1480.